The van der Waals surface area contributed by atoms with Gasteiger partial charge in [0, 0.05) is 38.3 Å². The van der Waals surface area contributed by atoms with Crippen molar-refractivity contribution in [2.75, 3.05) is 33.3 Å². The van der Waals surface area contributed by atoms with Crippen molar-refractivity contribution >= 4 is 5.91 Å². The molecule has 0 unspecified atom stereocenters. The summed E-state index contributed by atoms with van der Waals surface area (Å²) in [5.41, 5.74) is -1.07. The summed E-state index contributed by atoms with van der Waals surface area (Å²) in [5.74, 6) is -0.206. The number of hydrogen-bond donors (Lipinski definition) is 2. The number of hydrogen-bond acceptors (Lipinski definition) is 5. The van der Waals surface area contributed by atoms with Gasteiger partial charge in [0.25, 0.3) is 5.91 Å². The number of ether oxygens (including phenoxy) is 1. The Morgan fingerprint density at radius 3 is 2.73 bits per heavy atom. The number of carbonyl (C=O) groups excluding carboxylic acids is 1. The molecule has 26 heavy (non-hydrogen) atoms. The molecule has 3 rings (SSSR count). The van der Waals surface area contributed by atoms with Crippen LogP contribution in [0.25, 0.3) is 0 Å². The summed E-state index contributed by atoms with van der Waals surface area (Å²) in [6, 6.07) is 4.45. The fraction of sp³-hybridized carbons (Fsp3) is 0.632. The molecule has 0 saturated carbocycles. The lowest BCUT2D eigenvalue weighted by molar-refractivity contribution is -0.160. The summed E-state index contributed by atoms with van der Waals surface area (Å²) >= 11 is 0. The highest BCUT2D eigenvalue weighted by molar-refractivity contribution is 5.86. The quantitative estimate of drug-likeness (QED) is 0.818. The van der Waals surface area contributed by atoms with Gasteiger partial charge in [-0.2, -0.15) is 0 Å². The first-order valence-corrected chi connectivity index (χ1v) is 9.16. The van der Waals surface area contributed by atoms with Crippen LogP contribution in [-0.2, 0) is 11.3 Å². The number of rotatable bonds is 5. The van der Waals surface area contributed by atoms with Crippen molar-refractivity contribution < 1.29 is 24.1 Å². The summed E-state index contributed by atoms with van der Waals surface area (Å²) in [7, 11) is 1.51. The Bertz CT molecular complexity index is 648. The fourth-order valence-electron chi connectivity index (χ4n) is 3.81. The molecule has 2 N–H and O–H groups in total. The van der Waals surface area contributed by atoms with E-state index in [1.165, 1.54) is 24.1 Å². The zero-order valence-corrected chi connectivity index (χ0v) is 15.2. The van der Waals surface area contributed by atoms with Crippen LogP contribution in [0.1, 0.15) is 31.2 Å². The van der Waals surface area contributed by atoms with Crippen LogP contribution in [0.4, 0.5) is 4.39 Å². The molecule has 2 aliphatic rings. The van der Waals surface area contributed by atoms with E-state index >= 15 is 0 Å². The zero-order chi connectivity index (χ0) is 18.7. The zero-order valence-electron chi connectivity index (χ0n) is 15.2. The van der Waals surface area contributed by atoms with E-state index in [1.54, 1.807) is 6.07 Å². The van der Waals surface area contributed by atoms with Crippen molar-refractivity contribution in [3.8, 4) is 5.75 Å². The van der Waals surface area contributed by atoms with Gasteiger partial charge >= 0.3 is 0 Å². The monoisotopic (exact) mass is 366 g/mol. The molecule has 1 atom stereocenters. The third-order valence-electron chi connectivity index (χ3n) is 5.36. The molecule has 7 heteroatoms. The molecule has 2 aliphatic heterocycles. The van der Waals surface area contributed by atoms with Crippen LogP contribution in [0.5, 0.6) is 5.75 Å². The molecule has 0 radical (unpaired) electrons. The lowest BCUT2D eigenvalue weighted by Crippen LogP contribution is -2.59. The van der Waals surface area contributed by atoms with Crippen LogP contribution in [0.15, 0.2) is 18.2 Å². The summed E-state index contributed by atoms with van der Waals surface area (Å²) < 4.78 is 19.2. The van der Waals surface area contributed by atoms with E-state index in [2.05, 4.69) is 0 Å². The summed E-state index contributed by atoms with van der Waals surface area (Å²) in [4.78, 5) is 16.5. The highest BCUT2D eigenvalue weighted by Gasteiger charge is 2.43. The molecule has 0 aliphatic carbocycles. The minimum Gasteiger partial charge on any atom is -0.497 e. The second-order valence-corrected chi connectivity index (χ2v) is 7.33. The van der Waals surface area contributed by atoms with Gasteiger partial charge in [-0.3, -0.25) is 9.69 Å². The number of halogens is 1. The Kier molecular flexibility index (Phi) is 5.79. The van der Waals surface area contributed by atoms with Crippen molar-refractivity contribution in [3.63, 3.8) is 0 Å². The van der Waals surface area contributed by atoms with E-state index < -0.39 is 11.4 Å². The van der Waals surface area contributed by atoms with Crippen molar-refractivity contribution in [1.82, 2.24) is 9.80 Å². The van der Waals surface area contributed by atoms with Gasteiger partial charge in [0.2, 0.25) is 0 Å². The number of nitrogens with zero attached hydrogens (tertiary/aromatic N) is 2. The minimum absolute atomic E-state index is 0.114. The normalized spacial score (nSPS) is 25.5. The molecule has 6 nitrogen and oxygen atoms in total. The molecule has 0 bridgehead atoms. The number of amides is 1. The highest BCUT2D eigenvalue weighted by Crippen LogP contribution is 2.27. The van der Waals surface area contributed by atoms with Gasteiger partial charge in [-0.1, -0.05) is 0 Å². The van der Waals surface area contributed by atoms with Gasteiger partial charge < -0.3 is 19.8 Å². The predicted octanol–water partition coefficient (Wildman–Crippen LogP) is 1.14. The molecule has 0 aromatic heterocycles. The van der Waals surface area contributed by atoms with Crippen LogP contribution in [0.2, 0.25) is 0 Å². The number of methoxy groups -OCH3 is 1. The average molecular weight is 366 g/mol. The third kappa shape index (κ3) is 4.16. The van der Waals surface area contributed by atoms with E-state index in [0.29, 0.717) is 56.6 Å². The molecule has 0 spiro atoms. The number of aliphatic hydroxyl groups excluding tert-OH is 1. The van der Waals surface area contributed by atoms with E-state index in [9.17, 15) is 19.4 Å². The number of piperidine rings is 2. The first-order valence-electron chi connectivity index (χ1n) is 9.16. The summed E-state index contributed by atoms with van der Waals surface area (Å²) in [5, 5.41) is 20.6. The SMILES string of the molecule is COc1ccc(F)c(CN2CCC[C@@](O)(CN3CCC(O)CC3)C2=O)c1. The predicted molar refractivity (Wildman–Crippen MR) is 94.2 cm³/mol. The van der Waals surface area contributed by atoms with Crippen molar-refractivity contribution in [3.05, 3.63) is 29.6 Å². The Balaban J connectivity index is 1.69. The first kappa shape index (κ1) is 19.1. The van der Waals surface area contributed by atoms with E-state index in [1.807, 2.05) is 4.90 Å². The van der Waals surface area contributed by atoms with Crippen LogP contribution >= 0.6 is 0 Å². The Labute approximate surface area is 153 Å². The maximum atomic E-state index is 14.1. The Morgan fingerprint density at radius 2 is 2.04 bits per heavy atom. The van der Waals surface area contributed by atoms with Gasteiger partial charge in [-0.25, -0.2) is 4.39 Å². The Morgan fingerprint density at radius 1 is 1.31 bits per heavy atom. The van der Waals surface area contributed by atoms with Gasteiger partial charge in [-0.15, -0.1) is 0 Å². The van der Waals surface area contributed by atoms with Gasteiger partial charge in [0.05, 0.1) is 13.2 Å². The Hall–Kier alpha value is -1.70. The van der Waals surface area contributed by atoms with E-state index in [0.717, 1.165) is 0 Å². The smallest absolute Gasteiger partial charge is 0.256 e. The lowest BCUT2D eigenvalue weighted by atomic mass is 9.90. The van der Waals surface area contributed by atoms with E-state index in [4.69, 9.17) is 4.74 Å². The molecule has 1 amide bonds. The van der Waals surface area contributed by atoms with E-state index in [-0.39, 0.29) is 25.1 Å². The maximum Gasteiger partial charge on any atom is 0.256 e. The van der Waals surface area contributed by atoms with Crippen LogP contribution in [0, 0.1) is 5.82 Å². The molecule has 2 fully saturated rings. The highest BCUT2D eigenvalue weighted by atomic mass is 19.1. The lowest BCUT2D eigenvalue weighted by Gasteiger charge is -2.42. The average Bonchev–Trinajstić information content (AvgIpc) is 2.63. The van der Waals surface area contributed by atoms with Crippen LogP contribution in [0.3, 0.4) is 0 Å². The molecule has 2 saturated heterocycles. The third-order valence-corrected chi connectivity index (χ3v) is 5.36. The number of benzene rings is 1. The van der Waals surface area contributed by atoms with Crippen molar-refractivity contribution in [2.24, 2.45) is 0 Å². The second kappa shape index (κ2) is 7.90. The number of carbonyl (C=O) groups is 1. The topological polar surface area (TPSA) is 73.2 Å². The number of aliphatic hydroxyl groups is 2. The molecular formula is C19H27FN2O4. The van der Waals surface area contributed by atoms with Gasteiger partial charge in [0.15, 0.2) is 5.60 Å². The molecule has 1 aromatic rings. The summed E-state index contributed by atoms with van der Waals surface area (Å²) in [6.07, 6.45) is 2.09. The maximum absolute atomic E-state index is 14.1. The minimum atomic E-state index is -1.45. The molecular weight excluding hydrogens is 339 g/mol. The standard InChI is InChI=1S/C19H27FN2O4/c1-26-16-3-4-17(20)14(11-16)12-22-8-2-7-19(25,18(22)24)13-21-9-5-15(23)6-10-21/h3-4,11,15,23,25H,2,5-10,12-13H2,1H3/t19-/m1/s1. The number of likely N-dealkylation sites (tertiary alicyclic amines) is 2. The fourth-order valence-corrected chi connectivity index (χ4v) is 3.81. The first-order chi connectivity index (χ1) is 12.4. The molecule has 1 aromatic carbocycles. The molecule has 2 heterocycles. The van der Waals surface area contributed by atoms with Gasteiger partial charge in [0.1, 0.15) is 11.6 Å². The second-order valence-electron chi connectivity index (χ2n) is 7.33. The van der Waals surface area contributed by atoms with Crippen molar-refractivity contribution in [2.45, 2.75) is 43.9 Å². The number of β-amino-alcohol motifs (C(OH)–C–C–N with tert-alkyl or cyclic N) is 1. The van der Waals surface area contributed by atoms with Gasteiger partial charge in [-0.05, 0) is 43.9 Å². The molecule has 144 valence electrons. The van der Waals surface area contributed by atoms with Crippen LogP contribution < -0.4 is 4.74 Å². The van der Waals surface area contributed by atoms with Crippen molar-refractivity contribution in [1.29, 1.82) is 0 Å². The van der Waals surface area contributed by atoms with Crippen LogP contribution in [-0.4, -0.2) is 70.9 Å². The summed E-state index contributed by atoms with van der Waals surface area (Å²) in [6.45, 7) is 2.21. The largest absolute Gasteiger partial charge is 0.497 e.